The zero-order valence-electron chi connectivity index (χ0n) is 16.4. The predicted octanol–water partition coefficient (Wildman–Crippen LogP) is 1.07. The Hall–Kier alpha value is -2.56. The number of ether oxygens (including phenoxy) is 2. The number of rotatable bonds is 7. The molecule has 0 radical (unpaired) electrons. The van der Waals surface area contributed by atoms with Gasteiger partial charge in [0.1, 0.15) is 24.5 Å². The lowest BCUT2D eigenvalue weighted by molar-refractivity contribution is 0.146. The molecule has 0 bridgehead atoms. The number of piperazine rings is 1. The van der Waals surface area contributed by atoms with Crippen LogP contribution in [-0.4, -0.2) is 81.2 Å². The van der Waals surface area contributed by atoms with Crippen LogP contribution in [0, 0.1) is 0 Å². The number of hydrogen-bond donors (Lipinski definition) is 0. The molecule has 3 heterocycles. The van der Waals surface area contributed by atoms with Crippen LogP contribution in [0.15, 0.2) is 35.6 Å². The minimum absolute atomic E-state index is 0.449. The molecule has 0 spiro atoms. The molecule has 2 aromatic rings. The van der Waals surface area contributed by atoms with Gasteiger partial charge in [-0.3, -0.25) is 0 Å². The summed E-state index contributed by atoms with van der Waals surface area (Å²) in [7, 11) is -1.52. The number of benzene rings is 1. The van der Waals surface area contributed by atoms with Crippen molar-refractivity contribution in [3.8, 4) is 5.75 Å². The summed E-state index contributed by atoms with van der Waals surface area (Å²) in [5, 5.41) is 0. The first-order chi connectivity index (χ1) is 14.0. The monoisotopic (exact) mass is 417 g/mol. The Balaban J connectivity index is 1.47. The molecule has 0 amide bonds. The maximum atomic E-state index is 11.7. The maximum Gasteiger partial charge on any atom is 0.211 e. The SMILES string of the molecule is COCCOc1ccc2c(c1)C(c1cc(N3CCN(S(C)(=O)=O)CC3)ncn1)=N2. The first-order valence-corrected chi connectivity index (χ1v) is 11.2. The standard InChI is InChI=1S/C19H23N5O4S/c1-27-9-10-28-14-3-4-16-15(11-14)19(22-16)17-12-18(21-13-20-17)23-5-7-24(8-6-23)29(2,25)26/h3-4,11-13H,5-10H2,1-2H3. The van der Waals surface area contributed by atoms with E-state index in [0.29, 0.717) is 39.4 Å². The van der Waals surface area contributed by atoms with Gasteiger partial charge < -0.3 is 14.4 Å². The van der Waals surface area contributed by atoms with E-state index < -0.39 is 10.0 Å². The van der Waals surface area contributed by atoms with Gasteiger partial charge in [-0.2, -0.15) is 4.31 Å². The molecule has 2 aliphatic heterocycles. The summed E-state index contributed by atoms with van der Waals surface area (Å²) >= 11 is 0. The molecule has 4 rings (SSSR count). The van der Waals surface area contributed by atoms with E-state index in [9.17, 15) is 8.42 Å². The van der Waals surface area contributed by atoms with Crippen molar-refractivity contribution in [3.63, 3.8) is 0 Å². The molecule has 10 heteroatoms. The third-order valence-electron chi connectivity index (χ3n) is 4.94. The van der Waals surface area contributed by atoms with E-state index in [1.807, 2.05) is 24.3 Å². The van der Waals surface area contributed by atoms with E-state index in [-0.39, 0.29) is 0 Å². The van der Waals surface area contributed by atoms with Crippen molar-refractivity contribution in [1.82, 2.24) is 14.3 Å². The largest absolute Gasteiger partial charge is 0.491 e. The van der Waals surface area contributed by atoms with Crippen molar-refractivity contribution in [2.24, 2.45) is 4.99 Å². The quantitative estimate of drug-likeness (QED) is 0.530. The third-order valence-corrected chi connectivity index (χ3v) is 6.24. The molecule has 0 N–H and O–H groups in total. The molecular weight excluding hydrogens is 394 g/mol. The number of sulfonamides is 1. The number of methoxy groups -OCH3 is 1. The average molecular weight is 417 g/mol. The third kappa shape index (κ3) is 4.24. The molecule has 9 nitrogen and oxygen atoms in total. The van der Waals surface area contributed by atoms with E-state index in [2.05, 4.69) is 19.9 Å². The van der Waals surface area contributed by atoms with Crippen LogP contribution in [0.2, 0.25) is 0 Å². The smallest absolute Gasteiger partial charge is 0.211 e. The van der Waals surface area contributed by atoms with Crippen LogP contribution in [-0.2, 0) is 14.8 Å². The zero-order valence-corrected chi connectivity index (χ0v) is 17.2. The molecule has 1 aromatic heterocycles. The van der Waals surface area contributed by atoms with E-state index in [4.69, 9.17) is 9.47 Å². The fraction of sp³-hybridized carbons (Fsp3) is 0.421. The summed E-state index contributed by atoms with van der Waals surface area (Å²) in [4.78, 5) is 15.4. The summed E-state index contributed by atoms with van der Waals surface area (Å²) < 4.78 is 35.6. The van der Waals surface area contributed by atoms with E-state index >= 15 is 0 Å². The van der Waals surface area contributed by atoms with E-state index in [1.54, 1.807) is 7.11 Å². The Morgan fingerprint density at radius 3 is 2.59 bits per heavy atom. The molecule has 1 aromatic carbocycles. The normalized spacial score (nSPS) is 16.8. The summed E-state index contributed by atoms with van der Waals surface area (Å²) in [6.07, 6.45) is 2.76. The molecule has 154 valence electrons. The van der Waals surface area contributed by atoms with Gasteiger partial charge in [-0.05, 0) is 18.2 Å². The Morgan fingerprint density at radius 2 is 1.86 bits per heavy atom. The summed E-state index contributed by atoms with van der Waals surface area (Å²) in [6.45, 7) is 3.08. The van der Waals surface area contributed by atoms with E-state index in [0.717, 1.165) is 34.2 Å². The summed E-state index contributed by atoms with van der Waals surface area (Å²) in [6, 6.07) is 7.67. The predicted molar refractivity (Wildman–Crippen MR) is 110 cm³/mol. The lowest BCUT2D eigenvalue weighted by Crippen LogP contribution is -2.48. The highest BCUT2D eigenvalue weighted by molar-refractivity contribution is 7.88. The zero-order chi connectivity index (χ0) is 20.4. The minimum Gasteiger partial charge on any atom is -0.491 e. The van der Waals surface area contributed by atoms with Gasteiger partial charge in [-0.25, -0.2) is 23.4 Å². The minimum atomic E-state index is -3.16. The van der Waals surface area contributed by atoms with Crippen LogP contribution in [0.25, 0.3) is 0 Å². The van der Waals surface area contributed by atoms with E-state index in [1.165, 1.54) is 16.9 Å². The van der Waals surface area contributed by atoms with Crippen molar-refractivity contribution in [2.45, 2.75) is 0 Å². The molecule has 2 aliphatic rings. The molecule has 0 aliphatic carbocycles. The number of hydrogen-bond acceptors (Lipinski definition) is 8. The van der Waals surface area contributed by atoms with Crippen molar-refractivity contribution in [2.75, 3.05) is 57.7 Å². The van der Waals surface area contributed by atoms with Gasteiger partial charge in [0, 0.05) is 44.9 Å². The summed E-state index contributed by atoms with van der Waals surface area (Å²) in [5.74, 6) is 1.53. The average Bonchev–Trinajstić information content (AvgIpc) is 2.70. The first kappa shape index (κ1) is 19.7. The summed E-state index contributed by atoms with van der Waals surface area (Å²) in [5.41, 5.74) is 3.44. The second-order valence-electron chi connectivity index (χ2n) is 6.89. The molecule has 29 heavy (non-hydrogen) atoms. The van der Waals surface area contributed by atoms with Crippen molar-refractivity contribution >= 4 is 27.2 Å². The van der Waals surface area contributed by atoms with Gasteiger partial charge in [-0.15, -0.1) is 0 Å². The van der Waals surface area contributed by atoms with Crippen LogP contribution < -0.4 is 9.64 Å². The highest BCUT2D eigenvalue weighted by Crippen LogP contribution is 2.35. The highest BCUT2D eigenvalue weighted by Gasteiger charge is 2.26. The molecule has 1 fully saturated rings. The molecule has 0 saturated carbocycles. The van der Waals surface area contributed by atoms with Gasteiger partial charge in [0.2, 0.25) is 10.0 Å². The van der Waals surface area contributed by atoms with Crippen LogP contribution in [0.3, 0.4) is 0 Å². The first-order valence-electron chi connectivity index (χ1n) is 9.33. The van der Waals surface area contributed by atoms with Crippen molar-refractivity contribution in [1.29, 1.82) is 0 Å². The van der Waals surface area contributed by atoms with Crippen molar-refractivity contribution in [3.05, 3.63) is 41.9 Å². The van der Waals surface area contributed by atoms with Gasteiger partial charge in [0.05, 0.1) is 30.0 Å². The van der Waals surface area contributed by atoms with Crippen LogP contribution in [0.5, 0.6) is 5.75 Å². The number of aromatic nitrogens is 2. The van der Waals surface area contributed by atoms with Gasteiger partial charge >= 0.3 is 0 Å². The Morgan fingerprint density at radius 1 is 1.07 bits per heavy atom. The van der Waals surface area contributed by atoms with Crippen molar-refractivity contribution < 1.29 is 17.9 Å². The molecule has 0 atom stereocenters. The molecular formula is C19H23N5O4S. The molecule has 1 saturated heterocycles. The Labute approximate surface area is 170 Å². The topological polar surface area (TPSA) is 97.2 Å². The second-order valence-corrected chi connectivity index (χ2v) is 8.87. The fourth-order valence-electron chi connectivity index (χ4n) is 3.36. The Kier molecular flexibility index (Phi) is 5.48. The van der Waals surface area contributed by atoms with Gasteiger partial charge in [0.25, 0.3) is 0 Å². The Bertz CT molecular complexity index is 1030. The number of nitrogens with zero attached hydrogens (tertiary/aromatic N) is 5. The van der Waals surface area contributed by atoms with Crippen LogP contribution >= 0.6 is 0 Å². The van der Waals surface area contributed by atoms with Gasteiger partial charge in [-0.1, -0.05) is 0 Å². The number of anilines is 1. The van der Waals surface area contributed by atoms with Crippen LogP contribution in [0.1, 0.15) is 11.3 Å². The lowest BCUT2D eigenvalue weighted by atomic mass is 9.99. The highest BCUT2D eigenvalue weighted by atomic mass is 32.2. The molecule has 0 unspecified atom stereocenters. The maximum absolute atomic E-state index is 11.7. The lowest BCUT2D eigenvalue weighted by Gasteiger charge is -2.34. The van der Waals surface area contributed by atoms with Gasteiger partial charge in [0.15, 0.2) is 0 Å². The fourth-order valence-corrected chi connectivity index (χ4v) is 4.18. The number of aliphatic imine (C=N–C) groups is 1. The second kappa shape index (κ2) is 8.05. The number of fused-ring (bicyclic) bond motifs is 1. The van der Waals surface area contributed by atoms with Crippen LogP contribution in [0.4, 0.5) is 11.5 Å².